The van der Waals surface area contributed by atoms with Gasteiger partial charge in [-0.05, 0) is 49.9 Å². The van der Waals surface area contributed by atoms with Crippen LogP contribution in [0.25, 0.3) is 10.9 Å². The van der Waals surface area contributed by atoms with Gasteiger partial charge in [-0.3, -0.25) is 9.48 Å². The molecule has 3 aromatic rings. The molecule has 10 heteroatoms. The summed E-state index contributed by atoms with van der Waals surface area (Å²) in [6.07, 6.45) is 2.17. The monoisotopic (exact) mass is 440 g/mol. The van der Waals surface area contributed by atoms with Gasteiger partial charge in [-0.2, -0.15) is 5.10 Å². The molecule has 32 heavy (non-hydrogen) atoms. The quantitative estimate of drug-likeness (QED) is 0.424. The molecule has 1 aliphatic carbocycles. The van der Waals surface area contributed by atoms with Gasteiger partial charge in [0.1, 0.15) is 5.82 Å². The Bertz CT molecular complexity index is 1170. The molecule has 2 heterocycles. The lowest BCUT2D eigenvalue weighted by Crippen LogP contribution is -2.40. The van der Waals surface area contributed by atoms with Crippen molar-refractivity contribution in [2.45, 2.75) is 31.8 Å². The number of anilines is 4. The first kappa shape index (κ1) is 21.8. The van der Waals surface area contributed by atoms with Crippen molar-refractivity contribution >= 4 is 40.0 Å². The van der Waals surface area contributed by atoms with E-state index in [1.54, 1.807) is 4.68 Å². The Balaban J connectivity index is 1.68. The zero-order valence-electron chi connectivity index (χ0n) is 18.7. The minimum absolute atomic E-state index is 0.0255. The lowest BCUT2D eigenvalue weighted by atomic mass is 10.1. The molecule has 1 saturated carbocycles. The van der Waals surface area contributed by atoms with Crippen molar-refractivity contribution in [2.24, 2.45) is 24.4 Å². The highest BCUT2D eigenvalue weighted by atomic mass is 19.1. The predicted octanol–water partition coefficient (Wildman–Crippen LogP) is 2.55. The number of hydrogen-bond donors (Lipinski definition) is 4. The number of aromatic nitrogens is 3. The van der Waals surface area contributed by atoms with Gasteiger partial charge in [0.2, 0.25) is 0 Å². The average molecular weight is 441 g/mol. The highest BCUT2D eigenvalue weighted by Gasteiger charge is 2.32. The Morgan fingerprint density at radius 2 is 2.00 bits per heavy atom. The molecule has 4 rings (SSSR count). The molecular weight excluding hydrogens is 411 g/mol. The second-order valence-corrected chi connectivity index (χ2v) is 8.63. The molecule has 1 aliphatic rings. The molecule has 0 unspecified atom stereocenters. The van der Waals surface area contributed by atoms with Crippen LogP contribution < -0.4 is 27.0 Å². The molecule has 6 N–H and O–H groups in total. The summed E-state index contributed by atoms with van der Waals surface area (Å²) in [6.45, 7) is 1.90. The number of halogens is 1. The van der Waals surface area contributed by atoms with Crippen molar-refractivity contribution in [2.75, 3.05) is 29.6 Å². The van der Waals surface area contributed by atoms with E-state index in [4.69, 9.17) is 11.5 Å². The number of aryl methyl sites for hydroxylation is 1. The molecular formula is C22H29FN8O. The Morgan fingerprint density at radius 3 is 2.62 bits per heavy atom. The fourth-order valence-electron chi connectivity index (χ4n) is 3.87. The maximum atomic E-state index is 14.7. The van der Waals surface area contributed by atoms with Crippen molar-refractivity contribution < 1.29 is 9.18 Å². The third-order valence-electron chi connectivity index (χ3n) is 5.87. The molecule has 1 amide bonds. The van der Waals surface area contributed by atoms with Crippen LogP contribution in [0.15, 0.2) is 24.3 Å². The summed E-state index contributed by atoms with van der Waals surface area (Å²) in [5, 5.41) is 11.6. The fraction of sp³-hybridized carbons (Fsp3) is 0.409. The number of nitrogens with zero attached hydrogens (tertiary/aromatic N) is 4. The standard InChI is InChI=1S/C22H29FN8O/c1-11(18(24)12-5-6-12)26-21-16(23)10-15(19(25)32)20(28-21)27-13-7-8-17-14(9-13)22(30(2)3)29-31(17)4/h7-12,18H,5-6,24H2,1-4H3,(H2,25,32)(H2,26,27,28)/t11-,18-/m1/s1. The Morgan fingerprint density at radius 1 is 1.28 bits per heavy atom. The number of benzene rings is 1. The SMILES string of the molecule is C[C@@H](Nc1nc(Nc2ccc3c(c2)c(N(C)C)nn3C)c(C(N)=O)cc1F)[C@@H](N)C1CC1. The first-order valence-corrected chi connectivity index (χ1v) is 10.6. The molecule has 2 atom stereocenters. The number of fused-ring (bicyclic) bond motifs is 1. The zero-order valence-corrected chi connectivity index (χ0v) is 18.7. The Labute approximate surface area is 186 Å². The van der Waals surface area contributed by atoms with Crippen LogP contribution >= 0.6 is 0 Å². The maximum absolute atomic E-state index is 14.7. The van der Waals surface area contributed by atoms with E-state index in [0.717, 1.165) is 35.6 Å². The van der Waals surface area contributed by atoms with Crippen molar-refractivity contribution in [3.8, 4) is 0 Å². The van der Waals surface area contributed by atoms with E-state index < -0.39 is 11.7 Å². The molecule has 1 fully saturated rings. The van der Waals surface area contributed by atoms with Gasteiger partial charge in [0.25, 0.3) is 5.91 Å². The molecule has 0 bridgehead atoms. The van der Waals surface area contributed by atoms with Gasteiger partial charge in [0.15, 0.2) is 17.5 Å². The van der Waals surface area contributed by atoms with Gasteiger partial charge in [-0.25, -0.2) is 9.37 Å². The van der Waals surface area contributed by atoms with E-state index >= 15 is 0 Å². The summed E-state index contributed by atoms with van der Waals surface area (Å²) in [6, 6.07) is 6.50. The minimum Gasteiger partial charge on any atom is -0.365 e. The van der Waals surface area contributed by atoms with E-state index in [0.29, 0.717) is 11.6 Å². The van der Waals surface area contributed by atoms with E-state index in [1.807, 2.05) is 51.2 Å². The van der Waals surface area contributed by atoms with Crippen LogP contribution in [-0.2, 0) is 7.05 Å². The van der Waals surface area contributed by atoms with Crippen LogP contribution in [0.1, 0.15) is 30.1 Å². The van der Waals surface area contributed by atoms with E-state index in [2.05, 4.69) is 20.7 Å². The molecule has 0 aliphatic heterocycles. The average Bonchev–Trinajstić information content (AvgIpc) is 3.53. The van der Waals surface area contributed by atoms with Crippen molar-refractivity contribution in [1.29, 1.82) is 0 Å². The third kappa shape index (κ3) is 4.18. The van der Waals surface area contributed by atoms with Crippen LogP contribution in [0, 0.1) is 11.7 Å². The summed E-state index contributed by atoms with van der Waals surface area (Å²) in [5.41, 5.74) is 13.3. The summed E-state index contributed by atoms with van der Waals surface area (Å²) in [4.78, 5) is 18.2. The number of rotatable bonds is 8. The van der Waals surface area contributed by atoms with Crippen molar-refractivity contribution in [3.63, 3.8) is 0 Å². The maximum Gasteiger partial charge on any atom is 0.252 e. The molecule has 2 aromatic heterocycles. The van der Waals surface area contributed by atoms with Crippen molar-refractivity contribution in [3.05, 3.63) is 35.6 Å². The molecule has 9 nitrogen and oxygen atoms in total. The number of pyridine rings is 1. The largest absolute Gasteiger partial charge is 0.365 e. The first-order chi connectivity index (χ1) is 15.2. The summed E-state index contributed by atoms with van der Waals surface area (Å²) in [5.74, 6) is 0.0147. The number of nitrogens with one attached hydrogen (secondary N) is 2. The number of hydrogen-bond acceptors (Lipinski definition) is 7. The molecule has 0 spiro atoms. The predicted molar refractivity (Wildman–Crippen MR) is 125 cm³/mol. The normalized spacial score (nSPS) is 15.4. The molecule has 170 valence electrons. The van der Waals surface area contributed by atoms with Crippen molar-refractivity contribution in [1.82, 2.24) is 14.8 Å². The molecule has 1 aromatic carbocycles. The second-order valence-electron chi connectivity index (χ2n) is 8.63. The van der Waals surface area contributed by atoms with E-state index in [-0.39, 0.29) is 29.3 Å². The van der Waals surface area contributed by atoms with Crippen LogP contribution in [0.5, 0.6) is 0 Å². The summed E-state index contributed by atoms with van der Waals surface area (Å²) in [7, 11) is 5.71. The lowest BCUT2D eigenvalue weighted by Gasteiger charge is -2.22. The van der Waals surface area contributed by atoms with Gasteiger partial charge < -0.3 is 27.0 Å². The number of primary amides is 1. The number of carbonyl (C=O) groups excluding carboxylic acids is 1. The molecule has 0 saturated heterocycles. The Hall–Kier alpha value is -3.40. The fourth-order valence-corrected chi connectivity index (χ4v) is 3.87. The summed E-state index contributed by atoms with van der Waals surface area (Å²) >= 11 is 0. The smallest absolute Gasteiger partial charge is 0.252 e. The highest BCUT2D eigenvalue weighted by molar-refractivity contribution is 5.99. The minimum atomic E-state index is -0.774. The molecule has 0 radical (unpaired) electrons. The summed E-state index contributed by atoms with van der Waals surface area (Å²) < 4.78 is 16.5. The Kier molecular flexibility index (Phi) is 5.64. The topological polar surface area (TPSA) is 127 Å². The highest BCUT2D eigenvalue weighted by Crippen LogP contribution is 2.34. The second kappa shape index (κ2) is 8.27. The third-order valence-corrected chi connectivity index (χ3v) is 5.87. The zero-order chi connectivity index (χ0) is 23.2. The van der Waals surface area contributed by atoms with E-state index in [1.165, 1.54) is 0 Å². The number of amides is 1. The van der Waals surface area contributed by atoms with Crippen LogP contribution in [-0.4, -0.2) is 46.9 Å². The van der Waals surface area contributed by atoms with Gasteiger partial charge in [-0.15, -0.1) is 0 Å². The van der Waals surface area contributed by atoms with Crippen LogP contribution in [0.4, 0.5) is 27.5 Å². The van der Waals surface area contributed by atoms with E-state index in [9.17, 15) is 9.18 Å². The number of carbonyl (C=O) groups is 1. The lowest BCUT2D eigenvalue weighted by molar-refractivity contribution is 0.100. The number of nitrogens with two attached hydrogens (primary N) is 2. The first-order valence-electron chi connectivity index (χ1n) is 10.6. The van der Waals surface area contributed by atoms with Gasteiger partial charge in [0.05, 0.1) is 11.1 Å². The van der Waals surface area contributed by atoms with Crippen LogP contribution in [0.2, 0.25) is 0 Å². The van der Waals surface area contributed by atoms with Crippen LogP contribution in [0.3, 0.4) is 0 Å². The van der Waals surface area contributed by atoms with Gasteiger partial charge >= 0.3 is 0 Å². The van der Waals surface area contributed by atoms with Gasteiger partial charge in [0, 0.05) is 44.3 Å². The van der Waals surface area contributed by atoms with Gasteiger partial charge in [-0.1, -0.05) is 0 Å².